The smallest absolute Gasteiger partial charge is 0.320 e. The monoisotopic (exact) mass is 501 g/mol. The highest BCUT2D eigenvalue weighted by Crippen LogP contribution is 2.10. The average molecular weight is 502 g/mol. The molecule has 12 heteroatoms. The van der Waals surface area contributed by atoms with E-state index in [9.17, 15) is 14.4 Å². The molecule has 0 saturated carbocycles. The number of aliphatic carboxylic acids is 3. The van der Waals surface area contributed by atoms with Crippen LogP contribution in [0.25, 0.3) is 0 Å². The van der Waals surface area contributed by atoms with Crippen molar-refractivity contribution < 1.29 is 34.8 Å². The fraction of sp³-hybridized carbons (Fsp3) is 0.250. The van der Waals surface area contributed by atoms with E-state index in [4.69, 9.17) is 37.6 Å². The number of H-pyrrole nitrogens is 1. The SMILES string of the molecule is NC(Cc1ccc(O)cc1)C(=O)O.NC(Cc1ccccc1)C(=O)O.NC(Cc1cnc[nH]1)C(=O)O. The number of phenols is 1. The summed E-state index contributed by atoms with van der Waals surface area (Å²) in [6.45, 7) is 0. The van der Waals surface area contributed by atoms with Gasteiger partial charge in [0, 0.05) is 18.3 Å². The second kappa shape index (κ2) is 15.6. The normalized spacial score (nSPS) is 12.5. The molecule has 0 bridgehead atoms. The molecular weight excluding hydrogens is 470 g/mol. The molecule has 3 aromatic rings. The van der Waals surface area contributed by atoms with Crippen LogP contribution < -0.4 is 17.2 Å². The molecule has 36 heavy (non-hydrogen) atoms. The van der Waals surface area contributed by atoms with Crippen LogP contribution >= 0.6 is 0 Å². The maximum absolute atomic E-state index is 10.4. The van der Waals surface area contributed by atoms with Crippen LogP contribution in [-0.4, -0.2) is 66.4 Å². The summed E-state index contributed by atoms with van der Waals surface area (Å²) in [6.07, 6.45) is 3.99. The molecule has 0 aliphatic carbocycles. The van der Waals surface area contributed by atoms with E-state index in [0.717, 1.165) is 16.8 Å². The van der Waals surface area contributed by atoms with Gasteiger partial charge < -0.3 is 42.6 Å². The second-order valence-corrected chi connectivity index (χ2v) is 7.68. The number of aromatic nitrogens is 2. The van der Waals surface area contributed by atoms with Crippen LogP contribution in [0.15, 0.2) is 67.1 Å². The van der Waals surface area contributed by atoms with Crippen LogP contribution in [0, 0.1) is 0 Å². The standard InChI is InChI=1S/C9H11NO3.C9H11NO2.C6H9N3O2/c10-8(9(12)13)5-6-1-3-7(11)4-2-6;10-8(9(11)12)6-7-4-2-1-3-5-7;7-5(6(10)11)1-4-2-8-3-9-4/h1-4,8,11H,5,10H2,(H,12,13);1-5,8H,6,10H2,(H,11,12);2-3,5H,1,7H2,(H,8,9)(H,10,11). The third-order valence-electron chi connectivity index (χ3n) is 4.64. The molecule has 11 N–H and O–H groups in total. The molecule has 0 radical (unpaired) electrons. The Hall–Kier alpha value is -4.26. The summed E-state index contributed by atoms with van der Waals surface area (Å²) in [7, 11) is 0. The summed E-state index contributed by atoms with van der Waals surface area (Å²) in [4.78, 5) is 37.5. The van der Waals surface area contributed by atoms with Gasteiger partial charge in [0.1, 0.15) is 23.9 Å². The van der Waals surface area contributed by atoms with Crippen molar-refractivity contribution in [2.75, 3.05) is 0 Å². The van der Waals surface area contributed by atoms with Crippen LogP contribution in [0.2, 0.25) is 0 Å². The number of hydrogen-bond donors (Lipinski definition) is 8. The Morgan fingerprint density at radius 1 is 0.722 bits per heavy atom. The summed E-state index contributed by atoms with van der Waals surface area (Å²) < 4.78 is 0. The van der Waals surface area contributed by atoms with Gasteiger partial charge in [-0.3, -0.25) is 14.4 Å². The number of aromatic amines is 1. The van der Waals surface area contributed by atoms with Gasteiger partial charge >= 0.3 is 17.9 Å². The zero-order valence-electron chi connectivity index (χ0n) is 19.4. The third kappa shape index (κ3) is 12.3. The molecule has 0 saturated heterocycles. The summed E-state index contributed by atoms with van der Waals surface area (Å²) in [6, 6.07) is 13.1. The summed E-state index contributed by atoms with van der Waals surface area (Å²) in [5.74, 6) is -2.82. The number of carboxylic acids is 3. The molecule has 0 aliphatic rings. The van der Waals surface area contributed by atoms with Gasteiger partial charge in [0.05, 0.1) is 6.33 Å². The van der Waals surface area contributed by atoms with Crippen molar-refractivity contribution in [3.8, 4) is 5.75 Å². The Labute approximate surface area is 207 Å². The average Bonchev–Trinajstić information content (AvgIpc) is 3.35. The molecule has 194 valence electrons. The fourth-order valence-electron chi connectivity index (χ4n) is 2.65. The summed E-state index contributed by atoms with van der Waals surface area (Å²) >= 11 is 0. The van der Waals surface area contributed by atoms with E-state index in [1.165, 1.54) is 18.5 Å². The van der Waals surface area contributed by atoms with Gasteiger partial charge in [-0.15, -0.1) is 0 Å². The number of nitrogens with zero attached hydrogens (tertiary/aromatic N) is 1. The molecule has 3 atom stereocenters. The number of phenolic OH excluding ortho intramolecular Hbond substituents is 1. The number of rotatable bonds is 9. The van der Waals surface area contributed by atoms with Gasteiger partial charge in [-0.05, 0) is 36.1 Å². The number of nitrogens with one attached hydrogen (secondary N) is 1. The van der Waals surface area contributed by atoms with Gasteiger partial charge in [0.15, 0.2) is 0 Å². The Bertz CT molecular complexity index is 1060. The first-order valence-electron chi connectivity index (χ1n) is 10.7. The minimum atomic E-state index is -1.02. The quantitative estimate of drug-likeness (QED) is 0.199. The van der Waals surface area contributed by atoms with E-state index in [1.807, 2.05) is 30.3 Å². The number of benzene rings is 2. The van der Waals surface area contributed by atoms with E-state index < -0.39 is 36.0 Å². The zero-order chi connectivity index (χ0) is 27.1. The Morgan fingerprint density at radius 2 is 1.17 bits per heavy atom. The number of carboxylic acid groups (broad SMARTS) is 3. The maximum atomic E-state index is 10.4. The van der Waals surface area contributed by atoms with Crippen LogP contribution in [0.3, 0.4) is 0 Å². The predicted octanol–water partition coefficient (Wildman–Crippen LogP) is 0.352. The topological polar surface area (TPSA) is 239 Å². The molecule has 0 fully saturated rings. The lowest BCUT2D eigenvalue weighted by atomic mass is 10.1. The van der Waals surface area contributed by atoms with Crippen molar-refractivity contribution in [3.63, 3.8) is 0 Å². The highest BCUT2D eigenvalue weighted by molar-refractivity contribution is 5.74. The minimum Gasteiger partial charge on any atom is -0.508 e. The number of carbonyl (C=O) groups is 3. The molecule has 0 spiro atoms. The van der Waals surface area contributed by atoms with Crippen LogP contribution in [0.1, 0.15) is 16.8 Å². The number of imidazole rings is 1. The fourth-order valence-corrected chi connectivity index (χ4v) is 2.65. The van der Waals surface area contributed by atoms with Crippen molar-refractivity contribution in [3.05, 3.63) is 83.9 Å². The lowest BCUT2D eigenvalue weighted by Gasteiger charge is -2.05. The third-order valence-corrected chi connectivity index (χ3v) is 4.64. The molecule has 0 amide bonds. The molecule has 2 aromatic carbocycles. The van der Waals surface area contributed by atoms with Crippen molar-refractivity contribution in [2.45, 2.75) is 37.4 Å². The molecule has 3 rings (SSSR count). The maximum Gasteiger partial charge on any atom is 0.320 e. The van der Waals surface area contributed by atoms with E-state index in [1.54, 1.807) is 18.3 Å². The molecule has 0 aliphatic heterocycles. The predicted molar refractivity (Wildman–Crippen MR) is 131 cm³/mol. The van der Waals surface area contributed by atoms with Gasteiger partial charge in [-0.25, -0.2) is 4.98 Å². The van der Waals surface area contributed by atoms with Crippen LogP contribution in [-0.2, 0) is 33.6 Å². The van der Waals surface area contributed by atoms with Gasteiger partial charge in [-0.1, -0.05) is 42.5 Å². The minimum absolute atomic E-state index is 0.160. The van der Waals surface area contributed by atoms with Gasteiger partial charge in [-0.2, -0.15) is 0 Å². The molecule has 3 unspecified atom stereocenters. The zero-order valence-corrected chi connectivity index (χ0v) is 19.4. The van der Waals surface area contributed by atoms with E-state index >= 15 is 0 Å². The molecule has 1 heterocycles. The lowest BCUT2D eigenvalue weighted by Crippen LogP contribution is -2.32. The van der Waals surface area contributed by atoms with Crippen LogP contribution in [0.4, 0.5) is 0 Å². The van der Waals surface area contributed by atoms with Gasteiger partial charge in [0.2, 0.25) is 0 Å². The Kier molecular flexibility index (Phi) is 12.9. The van der Waals surface area contributed by atoms with Crippen molar-refractivity contribution in [1.82, 2.24) is 9.97 Å². The highest BCUT2D eigenvalue weighted by Gasteiger charge is 2.13. The first kappa shape index (κ1) is 29.8. The first-order chi connectivity index (χ1) is 17.0. The Morgan fingerprint density at radius 3 is 1.58 bits per heavy atom. The highest BCUT2D eigenvalue weighted by atomic mass is 16.4. The number of nitrogens with two attached hydrogens (primary N) is 3. The molecular formula is C24H31N5O7. The van der Waals surface area contributed by atoms with E-state index in [-0.39, 0.29) is 18.6 Å². The molecule has 12 nitrogen and oxygen atoms in total. The lowest BCUT2D eigenvalue weighted by molar-refractivity contribution is -0.139. The largest absolute Gasteiger partial charge is 0.508 e. The summed E-state index contributed by atoms with van der Waals surface area (Å²) in [5.41, 5.74) is 18.4. The van der Waals surface area contributed by atoms with E-state index in [2.05, 4.69) is 9.97 Å². The Balaban J connectivity index is 0.000000271. The van der Waals surface area contributed by atoms with Crippen molar-refractivity contribution >= 4 is 17.9 Å². The van der Waals surface area contributed by atoms with E-state index in [0.29, 0.717) is 6.42 Å². The number of aromatic hydroxyl groups is 1. The summed E-state index contributed by atoms with van der Waals surface area (Å²) in [5, 5.41) is 34.4. The second-order valence-electron chi connectivity index (χ2n) is 7.68. The first-order valence-corrected chi connectivity index (χ1v) is 10.7. The van der Waals surface area contributed by atoms with Crippen LogP contribution in [0.5, 0.6) is 5.75 Å². The van der Waals surface area contributed by atoms with Crippen molar-refractivity contribution in [2.24, 2.45) is 17.2 Å². The molecule has 1 aromatic heterocycles. The number of hydrogen-bond acceptors (Lipinski definition) is 8. The van der Waals surface area contributed by atoms with Gasteiger partial charge in [0.25, 0.3) is 0 Å². The van der Waals surface area contributed by atoms with Crippen molar-refractivity contribution in [1.29, 1.82) is 0 Å².